The highest BCUT2D eigenvalue weighted by atomic mass is 35.5. The van der Waals surface area contributed by atoms with E-state index in [1.807, 2.05) is 30.5 Å². The zero-order valence-corrected chi connectivity index (χ0v) is 14.8. The van der Waals surface area contributed by atoms with Crippen LogP contribution in [0.1, 0.15) is 18.4 Å². The molecule has 0 amide bonds. The zero-order chi connectivity index (χ0) is 17.2. The van der Waals surface area contributed by atoms with Crippen molar-refractivity contribution in [2.45, 2.75) is 25.4 Å². The molecule has 5 heteroatoms. The number of halogens is 1. The van der Waals surface area contributed by atoms with Crippen LogP contribution in [0.3, 0.4) is 0 Å². The van der Waals surface area contributed by atoms with E-state index < -0.39 is 0 Å². The van der Waals surface area contributed by atoms with Gasteiger partial charge in [0.15, 0.2) is 0 Å². The second kappa shape index (κ2) is 7.08. The van der Waals surface area contributed by atoms with Crippen molar-refractivity contribution in [3.8, 4) is 11.1 Å². The number of hydrogen-bond donors (Lipinski definition) is 1. The number of nitrogens with two attached hydrogens (primary N) is 1. The van der Waals surface area contributed by atoms with Crippen LogP contribution >= 0.6 is 11.6 Å². The molecule has 2 heterocycles. The lowest BCUT2D eigenvalue weighted by Crippen LogP contribution is -2.39. The number of fused-ring (bicyclic) bond motifs is 1. The van der Waals surface area contributed by atoms with Gasteiger partial charge in [-0.3, -0.25) is 4.90 Å². The fourth-order valence-corrected chi connectivity index (χ4v) is 3.56. The van der Waals surface area contributed by atoms with Crippen molar-refractivity contribution < 1.29 is 0 Å². The van der Waals surface area contributed by atoms with Crippen LogP contribution in [0.5, 0.6) is 0 Å². The molecular weight excluding hydrogens is 332 g/mol. The zero-order valence-electron chi connectivity index (χ0n) is 14.0. The highest BCUT2D eigenvalue weighted by molar-refractivity contribution is 6.30. The Labute approximate surface area is 152 Å². The Hall–Kier alpha value is -2.01. The quantitative estimate of drug-likeness (QED) is 0.777. The molecule has 0 bridgehead atoms. The van der Waals surface area contributed by atoms with Gasteiger partial charge in [0.2, 0.25) is 0 Å². The van der Waals surface area contributed by atoms with E-state index >= 15 is 0 Å². The van der Waals surface area contributed by atoms with Crippen molar-refractivity contribution in [3.63, 3.8) is 0 Å². The molecule has 3 aromatic rings. The highest BCUT2D eigenvalue weighted by Gasteiger charge is 2.16. The van der Waals surface area contributed by atoms with Crippen molar-refractivity contribution in [1.29, 1.82) is 0 Å². The first-order valence-corrected chi connectivity index (χ1v) is 9.05. The van der Waals surface area contributed by atoms with Crippen LogP contribution in [0.4, 0.5) is 0 Å². The van der Waals surface area contributed by atoms with E-state index in [1.54, 1.807) is 0 Å². The van der Waals surface area contributed by atoms with Crippen molar-refractivity contribution >= 4 is 22.5 Å². The maximum Gasteiger partial charge on any atom is 0.0936 e. The summed E-state index contributed by atoms with van der Waals surface area (Å²) in [6.07, 6.45) is 3.99. The largest absolute Gasteiger partial charge is 0.328 e. The second-order valence-corrected chi connectivity index (χ2v) is 7.17. The van der Waals surface area contributed by atoms with Gasteiger partial charge in [-0.25, -0.2) is 0 Å². The lowest BCUT2D eigenvalue weighted by Gasteiger charge is -2.30. The molecule has 128 valence electrons. The smallest absolute Gasteiger partial charge is 0.0936 e. The summed E-state index contributed by atoms with van der Waals surface area (Å²) in [5.74, 6) is 0. The molecule has 0 radical (unpaired) electrons. The van der Waals surface area contributed by atoms with E-state index in [-0.39, 0.29) is 0 Å². The molecular formula is C20H21ClN4. The summed E-state index contributed by atoms with van der Waals surface area (Å²) < 4.78 is 0. The molecule has 1 aliphatic heterocycles. The molecule has 0 saturated carbocycles. The Morgan fingerprint density at radius 3 is 2.60 bits per heavy atom. The van der Waals surface area contributed by atoms with Gasteiger partial charge < -0.3 is 5.73 Å². The van der Waals surface area contributed by atoms with E-state index in [0.717, 1.165) is 59.5 Å². The average molecular weight is 353 g/mol. The molecule has 1 saturated heterocycles. The maximum absolute atomic E-state index is 6.02. The predicted molar refractivity (Wildman–Crippen MR) is 102 cm³/mol. The number of aromatic nitrogens is 2. The summed E-state index contributed by atoms with van der Waals surface area (Å²) in [7, 11) is 0. The lowest BCUT2D eigenvalue weighted by molar-refractivity contribution is 0.206. The molecule has 25 heavy (non-hydrogen) atoms. The first-order valence-electron chi connectivity index (χ1n) is 8.67. The standard InChI is InChI=1S/C20H21ClN4/c21-16-4-2-15(3-5-16)19-12-23-24-20-6-1-14(11-18(19)20)13-25-9-7-17(22)8-10-25/h1-6,11-12,17H,7-10,13,22H2. The van der Waals surface area contributed by atoms with Gasteiger partial charge in [-0.05, 0) is 61.3 Å². The second-order valence-electron chi connectivity index (χ2n) is 6.73. The van der Waals surface area contributed by atoms with Crippen LogP contribution in [0.2, 0.25) is 5.02 Å². The SMILES string of the molecule is NC1CCN(Cc2ccc3nncc(-c4ccc(Cl)cc4)c3c2)CC1. The Bertz CT molecular complexity index is 871. The fourth-order valence-electron chi connectivity index (χ4n) is 3.43. The van der Waals surface area contributed by atoms with Crippen LogP contribution < -0.4 is 5.73 Å². The molecule has 1 fully saturated rings. The first-order chi connectivity index (χ1) is 12.2. The molecule has 4 nitrogen and oxygen atoms in total. The normalized spacial score (nSPS) is 16.4. The van der Waals surface area contributed by atoms with Gasteiger partial charge >= 0.3 is 0 Å². The van der Waals surface area contributed by atoms with Crippen molar-refractivity contribution in [2.24, 2.45) is 5.73 Å². The molecule has 1 aromatic heterocycles. The first kappa shape index (κ1) is 16.5. The number of nitrogens with zero attached hydrogens (tertiary/aromatic N) is 3. The Kier molecular flexibility index (Phi) is 4.66. The molecule has 0 unspecified atom stereocenters. The van der Waals surface area contributed by atoms with Gasteiger partial charge in [0.05, 0.1) is 11.7 Å². The number of hydrogen-bond acceptors (Lipinski definition) is 4. The van der Waals surface area contributed by atoms with Crippen LogP contribution in [0.25, 0.3) is 22.0 Å². The number of likely N-dealkylation sites (tertiary alicyclic amines) is 1. The summed E-state index contributed by atoms with van der Waals surface area (Å²) in [6.45, 7) is 3.08. The van der Waals surface area contributed by atoms with Crippen molar-refractivity contribution in [2.75, 3.05) is 13.1 Å². The summed E-state index contributed by atoms with van der Waals surface area (Å²) in [4.78, 5) is 2.47. The van der Waals surface area contributed by atoms with E-state index in [1.165, 1.54) is 5.56 Å². The molecule has 2 aromatic carbocycles. The third-order valence-corrected chi connectivity index (χ3v) is 5.15. The number of benzene rings is 2. The lowest BCUT2D eigenvalue weighted by atomic mass is 10.0. The monoisotopic (exact) mass is 352 g/mol. The Morgan fingerprint density at radius 1 is 1.08 bits per heavy atom. The summed E-state index contributed by atoms with van der Waals surface area (Å²) >= 11 is 6.02. The van der Waals surface area contributed by atoms with Crippen molar-refractivity contribution in [3.05, 3.63) is 59.2 Å². The molecule has 0 atom stereocenters. The van der Waals surface area contributed by atoms with Gasteiger partial charge in [0.1, 0.15) is 0 Å². The minimum Gasteiger partial charge on any atom is -0.328 e. The molecule has 4 rings (SSSR count). The van der Waals surface area contributed by atoms with Crippen molar-refractivity contribution in [1.82, 2.24) is 15.1 Å². The molecule has 1 aliphatic rings. The Morgan fingerprint density at radius 2 is 1.84 bits per heavy atom. The number of piperidine rings is 1. The van der Waals surface area contributed by atoms with E-state index in [0.29, 0.717) is 6.04 Å². The van der Waals surface area contributed by atoms with Crippen LogP contribution in [0.15, 0.2) is 48.7 Å². The van der Waals surface area contributed by atoms with E-state index in [2.05, 4.69) is 33.3 Å². The fraction of sp³-hybridized carbons (Fsp3) is 0.300. The van der Waals surface area contributed by atoms with E-state index in [9.17, 15) is 0 Å². The molecule has 0 aliphatic carbocycles. The number of rotatable bonds is 3. The Balaban J connectivity index is 1.67. The minimum atomic E-state index is 0.361. The summed E-state index contributed by atoms with van der Waals surface area (Å²) in [6, 6.07) is 14.7. The third-order valence-electron chi connectivity index (χ3n) is 4.90. The van der Waals surface area contributed by atoms with Gasteiger partial charge in [-0.1, -0.05) is 29.8 Å². The van der Waals surface area contributed by atoms with Gasteiger partial charge in [-0.15, -0.1) is 0 Å². The van der Waals surface area contributed by atoms with Gasteiger partial charge in [-0.2, -0.15) is 10.2 Å². The average Bonchev–Trinajstić information content (AvgIpc) is 2.64. The predicted octanol–water partition coefficient (Wildman–Crippen LogP) is 3.87. The van der Waals surface area contributed by atoms with Crippen LogP contribution in [-0.2, 0) is 6.54 Å². The van der Waals surface area contributed by atoms with Gasteiger partial charge in [0, 0.05) is 28.6 Å². The highest BCUT2D eigenvalue weighted by Crippen LogP contribution is 2.28. The molecule has 2 N–H and O–H groups in total. The van der Waals surface area contributed by atoms with Crippen LogP contribution in [-0.4, -0.2) is 34.2 Å². The van der Waals surface area contributed by atoms with Crippen LogP contribution in [0, 0.1) is 0 Å². The topological polar surface area (TPSA) is 55.0 Å². The minimum absolute atomic E-state index is 0.361. The van der Waals surface area contributed by atoms with E-state index in [4.69, 9.17) is 17.3 Å². The molecule has 0 spiro atoms. The maximum atomic E-state index is 6.02. The third kappa shape index (κ3) is 3.66. The summed E-state index contributed by atoms with van der Waals surface area (Å²) in [5.41, 5.74) is 10.4. The summed E-state index contributed by atoms with van der Waals surface area (Å²) in [5, 5.41) is 10.3. The van der Waals surface area contributed by atoms with Gasteiger partial charge in [0.25, 0.3) is 0 Å².